The van der Waals surface area contributed by atoms with E-state index in [2.05, 4.69) is 68.0 Å². The molecular formula is C49H61F2N7O4. The van der Waals surface area contributed by atoms with Crippen LogP contribution in [-0.4, -0.2) is 128 Å². The topological polar surface area (TPSA) is 112 Å². The molecule has 2 fully saturated rings. The minimum atomic E-state index is -2.40. The average Bonchev–Trinajstić information content (AvgIpc) is 3.89. The van der Waals surface area contributed by atoms with Gasteiger partial charge in [-0.3, -0.25) is 33.9 Å². The Morgan fingerprint density at radius 1 is 0.903 bits per heavy atom. The Hall–Kier alpha value is -5.24. The number of hydrogen-bond donors (Lipinski definition) is 2. The summed E-state index contributed by atoms with van der Waals surface area (Å²) in [5.74, 6) is 0.356. The van der Waals surface area contributed by atoms with Crippen molar-refractivity contribution in [2.24, 2.45) is 5.92 Å². The summed E-state index contributed by atoms with van der Waals surface area (Å²) in [6.07, 6.45) is 6.83. The quantitative estimate of drug-likeness (QED) is 0.111. The van der Waals surface area contributed by atoms with Gasteiger partial charge in [0, 0.05) is 98.2 Å². The first kappa shape index (κ1) is 44.8. The van der Waals surface area contributed by atoms with Crippen molar-refractivity contribution >= 4 is 41.0 Å². The number of aldehydes is 2. The lowest BCUT2D eigenvalue weighted by molar-refractivity contribution is -0.137. The Balaban J connectivity index is 0.000000422. The number of nitrogens with one attached hydrogen (secondary N) is 2. The van der Waals surface area contributed by atoms with E-state index in [1.54, 1.807) is 7.05 Å². The van der Waals surface area contributed by atoms with Crippen LogP contribution in [0.4, 0.5) is 14.5 Å². The van der Waals surface area contributed by atoms with Gasteiger partial charge < -0.3 is 20.1 Å². The van der Waals surface area contributed by atoms with Gasteiger partial charge in [-0.05, 0) is 112 Å². The maximum absolute atomic E-state index is 13.7. The molecule has 2 amide bonds. The number of aromatic nitrogens is 1. The number of piperidine rings is 2. The van der Waals surface area contributed by atoms with Crippen molar-refractivity contribution in [1.29, 1.82) is 0 Å². The molecule has 0 radical (unpaired) electrons. The van der Waals surface area contributed by atoms with E-state index in [1.807, 2.05) is 54.2 Å². The molecule has 330 valence electrons. The number of halogens is 2. The monoisotopic (exact) mass is 849 g/mol. The number of alkyl halides is 2. The zero-order chi connectivity index (χ0) is 43.9. The molecule has 3 aromatic carbocycles. The molecule has 4 aliphatic heterocycles. The van der Waals surface area contributed by atoms with E-state index in [1.165, 1.54) is 10.9 Å². The molecule has 2 N–H and O–H groups in total. The van der Waals surface area contributed by atoms with Crippen molar-refractivity contribution in [2.45, 2.75) is 82.6 Å². The van der Waals surface area contributed by atoms with Crippen LogP contribution < -0.4 is 10.2 Å². The van der Waals surface area contributed by atoms with Gasteiger partial charge >= 0.3 is 0 Å². The van der Waals surface area contributed by atoms with Gasteiger partial charge in [-0.25, -0.2) is 8.78 Å². The van der Waals surface area contributed by atoms with Crippen LogP contribution in [0.1, 0.15) is 93.2 Å². The molecular weight excluding hydrogens is 789 g/mol. The first-order valence-electron chi connectivity index (χ1n) is 22.1. The summed E-state index contributed by atoms with van der Waals surface area (Å²) >= 11 is 0. The number of hydrogen-bond acceptors (Lipinski definition) is 8. The van der Waals surface area contributed by atoms with Crippen molar-refractivity contribution in [3.63, 3.8) is 0 Å². The van der Waals surface area contributed by atoms with E-state index in [-0.39, 0.29) is 36.4 Å². The summed E-state index contributed by atoms with van der Waals surface area (Å²) in [6.45, 7) is 8.59. The number of fused-ring (bicyclic) bond motifs is 4. The summed E-state index contributed by atoms with van der Waals surface area (Å²) in [7, 11) is 5.47. The molecule has 0 spiro atoms. The molecule has 0 aliphatic carbocycles. The zero-order valence-electron chi connectivity index (χ0n) is 36.3. The summed E-state index contributed by atoms with van der Waals surface area (Å²) in [6, 6.07) is 20.4. The maximum atomic E-state index is 13.7. The highest BCUT2D eigenvalue weighted by Gasteiger charge is 2.36. The molecule has 1 aromatic heterocycles. The fourth-order valence-electron chi connectivity index (χ4n) is 10.0. The van der Waals surface area contributed by atoms with Crippen molar-refractivity contribution in [2.75, 3.05) is 65.3 Å². The van der Waals surface area contributed by atoms with Crippen LogP contribution in [0.5, 0.6) is 0 Å². The number of rotatable bonds is 13. The number of nitrogens with zero attached hydrogens (tertiary/aromatic N) is 5. The Morgan fingerprint density at radius 3 is 2.13 bits per heavy atom. The molecule has 2 atom stereocenters. The van der Waals surface area contributed by atoms with Crippen LogP contribution in [0.3, 0.4) is 0 Å². The second-order valence-electron chi connectivity index (χ2n) is 17.4. The Bertz CT molecular complexity index is 2170. The molecule has 11 nitrogen and oxygen atoms in total. The van der Waals surface area contributed by atoms with Gasteiger partial charge in [-0.1, -0.05) is 36.4 Å². The number of allylic oxidation sites excluding steroid dienone is 1. The number of H-pyrrole nitrogens is 1. The molecule has 8 rings (SSSR count). The molecule has 13 heteroatoms. The maximum Gasteiger partial charge on any atom is 0.251 e. The fourth-order valence-corrected chi connectivity index (χ4v) is 10.0. The molecule has 4 aromatic rings. The van der Waals surface area contributed by atoms with Crippen molar-refractivity contribution < 1.29 is 28.0 Å². The molecule has 0 saturated carbocycles. The molecule has 4 aliphatic rings. The van der Waals surface area contributed by atoms with Crippen LogP contribution in [0.25, 0.3) is 10.9 Å². The lowest BCUT2D eigenvalue weighted by Crippen LogP contribution is -2.48. The number of carbonyl (C=O) groups excluding carboxylic acids is 4. The van der Waals surface area contributed by atoms with Gasteiger partial charge in [0.25, 0.3) is 6.43 Å². The highest BCUT2D eigenvalue weighted by atomic mass is 19.3. The number of likely N-dealkylation sites (N-methyl/N-ethyl adjacent to an activating group) is 2. The smallest absolute Gasteiger partial charge is 0.251 e. The minimum absolute atomic E-state index is 0.0206. The Labute approximate surface area is 364 Å². The average molecular weight is 850 g/mol. The first-order chi connectivity index (χ1) is 30.0. The van der Waals surface area contributed by atoms with E-state index in [4.69, 9.17) is 0 Å². The van der Waals surface area contributed by atoms with Crippen LogP contribution >= 0.6 is 0 Å². The summed E-state index contributed by atoms with van der Waals surface area (Å²) in [5.41, 5.74) is 8.52. The van der Waals surface area contributed by atoms with E-state index in [9.17, 15) is 28.0 Å². The van der Waals surface area contributed by atoms with Gasteiger partial charge in [-0.2, -0.15) is 0 Å². The summed E-state index contributed by atoms with van der Waals surface area (Å²) in [5, 5.41) is 3.81. The van der Waals surface area contributed by atoms with E-state index >= 15 is 0 Å². The number of para-hydroxylation sites is 1. The van der Waals surface area contributed by atoms with Gasteiger partial charge in [0.1, 0.15) is 0 Å². The number of aromatic amines is 1. The van der Waals surface area contributed by atoms with E-state index in [0.717, 1.165) is 130 Å². The summed E-state index contributed by atoms with van der Waals surface area (Å²) < 4.78 is 27.3. The third-order valence-electron chi connectivity index (χ3n) is 13.4. The second kappa shape index (κ2) is 20.3. The standard InChI is InChI=1S/C40H43F2N5O3.C9H18N2O/c41-37(42)23-46-18-13-35-34-3-1-2-4-36(34)43-38(35)39(46)26-5-7-32(8-6-26)44-14-9-27(10-15-44)40(50)45-16-11-33(12-17-45)47-21-28-19-30(24-48)31(25-49)20-29(28)22-47;1-5-6-7-8(11(3)4)9(12)10-2/h1-8,19-20,24-25,27,33,37,39,43H,9-18,21-23H2;5,8H,1,6-7H2,2-4H3,(H,10,12). The van der Waals surface area contributed by atoms with Crippen LogP contribution in [0.2, 0.25) is 0 Å². The third kappa shape index (κ3) is 9.85. The number of carbonyl (C=O) groups is 4. The van der Waals surface area contributed by atoms with Gasteiger partial charge in [0.05, 0.1) is 18.6 Å². The largest absolute Gasteiger partial charge is 0.371 e. The summed E-state index contributed by atoms with van der Waals surface area (Å²) in [4.78, 5) is 61.9. The third-order valence-corrected chi connectivity index (χ3v) is 13.4. The predicted octanol–water partition coefficient (Wildman–Crippen LogP) is 6.86. The van der Waals surface area contributed by atoms with E-state index in [0.29, 0.717) is 23.7 Å². The van der Waals surface area contributed by atoms with Crippen LogP contribution in [0, 0.1) is 5.92 Å². The first-order valence-corrected chi connectivity index (χ1v) is 22.1. The Kier molecular flexibility index (Phi) is 14.7. The molecule has 62 heavy (non-hydrogen) atoms. The number of likely N-dealkylation sites (tertiary alicyclic amines) is 1. The predicted molar refractivity (Wildman–Crippen MR) is 240 cm³/mol. The highest BCUT2D eigenvalue weighted by Crippen LogP contribution is 2.39. The van der Waals surface area contributed by atoms with Gasteiger partial charge in [-0.15, -0.1) is 6.58 Å². The lowest BCUT2D eigenvalue weighted by Gasteiger charge is -2.40. The SMILES string of the molecule is C=CCCC(C(=O)NC)N(C)C.O=Cc1cc2c(cc1C=O)CN(C1CCN(C(=O)C3CCN(c4ccc(C5c6[nH]c7ccccc7c6CCN5CC(F)F)cc4)CC3)CC1)C2. The lowest BCUT2D eigenvalue weighted by atomic mass is 9.91. The number of benzene rings is 3. The molecule has 2 unspecified atom stereocenters. The molecule has 0 bridgehead atoms. The normalized spacial score (nSPS) is 19.2. The van der Waals surface area contributed by atoms with Gasteiger partial charge in [0.15, 0.2) is 12.6 Å². The van der Waals surface area contributed by atoms with Crippen LogP contribution in [-0.2, 0) is 29.1 Å². The molecule has 2 saturated heterocycles. The number of amides is 2. The van der Waals surface area contributed by atoms with Crippen molar-refractivity contribution in [3.05, 3.63) is 112 Å². The highest BCUT2D eigenvalue weighted by molar-refractivity contribution is 5.91. The Morgan fingerprint density at radius 2 is 1.55 bits per heavy atom. The fraction of sp³-hybridized carbons (Fsp3) is 0.469. The second-order valence-corrected chi connectivity index (χ2v) is 17.4. The van der Waals surface area contributed by atoms with Crippen molar-refractivity contribution in [3.8, 4) is 0 Å². The van der Waals surface area contributed by atoms with Crippen molar-refractivity contribution in [1.82, 2.24) is 29.9 Å². The zero-order valence-corrected chi connectivity index (χ0v) is 36.3. The van der Waals surface area contributed by atoms with Gasteiger partial charge in [0.2, 0.25) is 11.8 Å². The minimum Gasteiger partial charge on any atom is -0.371 e. The van der Waals surface area contributed by atoms with E-state index < -0.39 is 6.43 Å². The van der Waals surface area contributed by atoms with Crippen LogP contribution in [0.15, 0.2) is 73.3 Å². The number of anilines is 1. The molecule has 5 heterocycles.